The maximum absolute atomic E-state index is 12.9. The summed E-state index contributed by atoms with van der Waals surface area (Å²) in [6.07, 6.45) is 0.665. The number of hydrogen-bond acceptors (Lipinski definition) is 7. The van der Waals surface area contributed by atoms with Crippen molar-refractivity contribution in [2.75, 3.05) is 19.5 Å². The molecule has 38 heavy (non-hydrogen) atoms. The van der Waals surface area contributed by atoms with Gasteiger partial charge in [-0.3, -0.25) is 9.59 Å². The first kappa shape index (κ1) is 25.5. The number of aryl methyl sites for hydroxylation is 1. The molecule has 3 aromatic rings. The van der Waals surface area contributed by atoms with E-state index in [9.17, 15) is 9.59 Å². The summed E-state index contributed by atoms with van der Waals surface area (Å²) >= 11 is 1.28. The van der Waals surface area contributed by atoms with Gasteiger partial charge in [0.15, 0.2) is 5.17 Å². The molecule has 0 saturated carbocycles. The Hall–Kier alpha value is -4.11. The van der Waals surface area contributed by atoms with Crippen LogP contribution in [0.15, 0.2) is 82.9 Å². The van der Waals surface area contributed by atoms with E-state index in [0.717, 1.165) is 16.8 Å². The van der Waals surface area contributed by atoms with E-state index in [-0.39, 0.29) is 24.3 Å². The number of hydrogen-bond donors (Lipinski definition) is 1. The fraction of sp³-hybridized carbons (Fsp3) is 0.241. The molecule has 0 aromatic heterocycles. The molecule has 194 valence electrons. The van der Waals surface area contributed by atoms with Gasteiger partial charge in [-0.1, -0.05) is 71.9 Å². The largest absolute Gasteiger partial charge is 0.497 e. The number of nitrogens with zero attached hydrogens (tertiary/aromatic N) is 3. The van der Waals surface area contributed by atoms with Gasteiger partial charge in [-0.05, 0) is 18.1 Å². The lowest BCUT2D eigenvalue weighted by Gasteiger charge is -2.23. The van der Waals surface area contributed by atoms with Crippen LogP contribution in [-0.2, 0) is 9.59 Å². The Balaban J connectivity index is 1.32. The lowest BCUT2D eigenvalue weighted by molar-refractivity contribution is -0.121. The van der Waals surface area contributed by atoms with Crippen LogP contribution in [0.2, 0.25) is 0 Å². The first-order chi connectivity index (χ1) is 18.4. The zero-order chi connectivity index (χ0) is 26.6. The van der Waals surface area contributed by atoms with Crippen molar-refractivity contribution in [3.8, 4) is 11.5 Å². The summed E-state index contributed by atoms with van der Waals surface area (Å²) in [6, 6.07) is 23.4. The number of benzene rings is 3. The van der Waals surface area contributed by atoms with Gasteiger partial charge < -0.3 is 14.8 Å². The molecule has 0 spiro atoms. The zero-order valence-electron chi connectivity index (χ0n) is 21.4. The highest BCUT2D eigenvalue weighted by atomic mass is 32.2. The predicted octanol–water partition coefficient (Wildman–Crippen LogP) is 5.19. The van der Waals surface area contributed by atoms with Crippen LogP contribution in [0, 0.1) is 6.92 Å². The molecule has 5 rings (SSSR count). The molecular formula is C29H28N4O4S. The normalized spacial score (nSPS) is 18.7. The summed E-state index contributed by atoms with van der Waals surface area (Å²) in [5.74, 6) is 0.473. The number of aliphatic imine (C=N–C) groups is 1. The number of rotatable bonds is 7. The second-order valence-corrected chi connectivity index (χ2v) is 10.3. The van der Waals surface area contributed by atoms with Crippen molar-refractivity contribution in [1.29, 1.82) is 0 Å². The average molecular weight is 529 g/mol. The van der Waals surface area contributed by atoms with E-state index in [0.29, 0.717) is 28.8 Å². The van der Waals surface area contributed by atoms with Crippen molar-refractivity contribution >= 4 is 40.1 Å². The van der Waals surface area contributed by atoms with Crippen molar-refractivity contribution in [2.24, 2.45) is 10.1 Å². The molecular weight excluding hydrogens is 500 g/mol. The minimum Gasteiger partial charge on any atom is -0.497 e. The van der Waals surface area contributed by atoms with Gasteiger partial charge >= 0.3 is 0 Å². The van der Waals surface area contributed by atoms with E-state index in [1.165, 1.54) is 17.3 Å². The van der Waals surface area contributed by atoms with Gasteiger partial charge in [-0.2, -0.15) is 10.1 Å². The number of carbonyl (C=O) groups excluding carboxylic acids is 2. The molecule has 2 heterocycles. The smallest absolute Gasteiger partial charge is 0.262 e. The molecule has 8 nitrogen and oxygen atoms in total. The lowest BCUT2D eigenvalue weighted by atomic mass is 9.98. The van der Waals surface area contributed by atoms with Gasteiger partial charge in [0.1, 0.15) is 16.7 Å². The van der Waals surface area contributed by atoms with E-state index in [1.54, 1.807) is 32.4 Å². The highest BCUT2D eigenvalue weighted by molar-refractivity contribution is 8.15. The molecule has 0 saturated heterocycles. The van der Waals surface area contributed by atoms with E-state index in [4.69, 9.17) is 14.6 Å². The SMILES string of the molecule is COc1cc(NC(=O)C[C@H]2SC(N3N=C(c4ccc(C)cc4)C[C@H]3c3ccccc3)=NC2=O)cc(OC)c1. The zero-order valence-corrected chi connectivity index (χ0v) is 22.2. The van der Waals surface area contributed by atoms with E-state index in [1.807, 2.05) is 23.2 Å². The number of amides is 2. The van der Waals surface area contributed by atoms with E-state index < -0.39 is 5.25 Å². The molecule has 0 radical (unpaired) electrons. The minimum absolute atomic E-state index is 0.0194. The van der Waals surface area contributed by atoms with Crippen LogP contribution in [-0.4, -0.2) is 47.2 Å². The van der Waals surface area contributed by atoms with Crippen molar-refractivity contribution in [2.45, 2.75) is 31.1 Å². The van der Waals surface area contributed by atoms with Crippen LogP contribution in [0.3, 0.4) is 0 Å². The Morgan fingerprint density at radius 2 is 1.71 bits per heavy atom. The van der Waals surface area contributed by atoms with Gasteiger partial charge in [-0.15, -0.1) is 0 Å². The summed E-state index contributed by atoms with van der Waals surface area (Å²) < 4.78 is 10.5. The number of carbonyl (C=O) groups is 2. The fourth-order valence-electron chi connectivity index (χ4n) is 4.41. The summed E-state index contributed by atoms with van der Waals surface area (Å²) in [7, 11) is 3.09. The molecule has 3 aromatic carbocycles. The Kier molecular flexibility index (Phi) is 7.46. The molecule has 2 aliphatic heterocycles. The van der Waals surface area contributed by atoms with Crippen molar-refractivity contribution in [1.82, 2.24) is 5.01 Å². The summed E-state index contributed by atoms with van der Waals surface area (Å²) in [5, 5.41) is 9.44. The van der Waals surface area contributed by atoms with Crippen molar-refractivity contribution in [3.05, 3.63) is 89.5 Å². The molecule has 0 bridgehead atoms. The quantitative estimate of drug-likeness (QED) is 0.454. The summed E-state index contributed by atoms with van der Waals surface area (Å²) in [5.41, 5.74) is 4.76. The van der Waals surface area contributed by atoms with Gasteiger partial charge in [0, 0.05) is 36.7 Å². The number of amidine groups is 1. The molecule has 2 amide bonds. The second-order valence-electron chi connectivity index (χ2n) is 9.08. The third kappa shape index (κ3) is 5.57. The van der Waals surface area contributed by atoms with Crippen LogP contribution in [0.5, 0.6) is 11.5 Å². The first-order valence-corrected chi connectivity index (χ1v) is 13.1. The maximum Gasteiger partial charge on any atom is 0.262 e. The molecule has 9 heteroatoms. The third-order valence-electron chi connectivity index (χ3n) is 6.41. The molecule has 2 aliphatic rings. The highest BCUT2D eigenvalue weighted by Gasteiger charge is 2.39. The highest BCUT2D eigenvalue weighted by Crippen LogP contribution is 2.38. The maximum atomic E-state index is 12.9. The monoisotopic (exact) mass is 528 g/mol. The number of thioether (sulfide) groups is 1. The van der Waals surface area contributed by atoms with Crippen LogP contribution < -0.4 is 14.8 Å². The Bertz CT molecular complexity index is 1380. The standard InChI is InChI=1S/C29H28N4O4S/c1-18-9-11-19(12-10-18)24-16-25(20-7-5-4-6-8-20)33(32-24)29-31-28(35)26(38-29)17-27(34)30-21-13-22(36-2)15-23(14-21)37-3/h4-15,25-26H,16-17H2,1-3H3,(H,30,34)/t25-,26+/m0/s1. The van der Waals surface area contributed by atoms with E-state index in [2.05, 4.69) is 53.6 Å². The number of nitrogens with one attached hydrogen (secondary N) is 1. The van der Waals surface area contributed by atoms with Crippen molar-refractivity contribution < 1.29 is 19.1 Å². The van der Waals surface area contributed by atoms with Crippen LogP contribution in [0.25, 0.3) is 0 Å². The second kappa shape index (κ2) is 11.1. The number of anilines is 1. The van der Waals surface area contributed by atoms with Gasteiger partial charge in [0.05, 0.1) is 26.0 Å². The third-order valence-corrected chi connectivity index (χ3v) is 7.55. The van der Waals surface area contributed by atoms with Crippen LogP contribution in [0.4, 0.5) is 5.69 Å². The average Bonchev–Trinajstić information content (AvgIpc) is 3.53. The molecule has 2 atom stereocenters. The Labute approximate surface area is 225 Å². The Morgan fingerprint density at radius 3 is 2.37 bits per heavy atom. The topological polar surface area (TPSA) is 92.6 Å². The number of methoxy groups -OCH3 is 2. The van der Waals surface area contributed by atoms with Gasteiger partial charge in [0.2, 0.25) is 5.91 Å². The minimum atomic E-state index is -0.632. The molecule has 0 aliphatic carbocycles. The number of ether oxygens (including phenoxy) is 2. The lowest BCUT2D eigenvalue weighted by Crippen LogP contribution is -2.25. The molecule has 0 fully saturated rings. The van der Waals surface area contributed by atoms with Crippen LogP contribution >= 0.6 is 11.8 Å². The predicted molar refractivity (Wildman–Crippen MR) is 150 cm³/mol. The summed E-state index contributed by atoms with van der Waals surface area (Å²) in [6.45, 7) is 2.05. The van der Waals surface area contributed by atoms with Gasteiger partial charge in [0.25, 0.3) is 5.91 Å². The molecule has 1 N–H and O–H groups in total. The van der Waals surface area contributed by atoms with Crippen LogP contribution in [0.1, 0.15) is 35.6 Å². The van der Waals surface area contributed by atoms with E-state index >= 15 is 0 Å². The van der Waals surface area contributed by atoms with Crippen molar-refractivity contribution in [3.63, 3.8) is 0 Å². The molecule has 0 unspecified atom stereocenters. The Morgan fingerprint density at radius 1 is 1.03 bits per heavy atom. The summed E-state index contributed by atoms with van der Waals surface area (Å²) in [4.78, 5) is 30.0. The van der Waals surface area contributed by atoms with Gasteiger partial charge in [-0.25, -0.2) is 5.01 Å². The fourth-order valence-corrected chi connectivity index (χ4v) is 5.47. The number of hydrazone groups is 1. The first-order valence-electron chi connectivity index (χ1n) is 12.2.